The van der Waals surface area contributed by atoms with E-state index in [0.29, 0.717) is 10.9 Å². The van der Waals surface area contributed by atoms with Gasteiger partial charge in [0.2, 0.25) is 0 Å². The second-order valence-corrected chi connectivity index (χ2v) is 4.49. The molecule has 0 bridgehead atoms. The van der Waals surface area contributed by atoms with Crippen molar-refractivity contribution in [3.05, 3.63) is 34.6 Å². The highest BCUT2D eigenvalue weighted by atomic mass is 35.5. The van der Waals surface area contributed by atoms with Gasteiger partial charge in [0.05, 0.1) is 0 Å². The molecule has 0 heterocycles. The van der Waals surface area contributed by atoms with Gasteiger partial charge in [0.1, 0.15) is 5.82 Å². The fourth-order valence-corrected chi connectivity index (χ4v) is 2.11. The van der Waals surface area contributed by atoms with Crippen LogP contribution in [0.3, 0.4) is 0 Å². The van der Waals surface area contributed by atoms with Gasteiger partial charge in [-0.25, -0.2) is 4.39 Å². The lowest BCUT2D eigenvalue weighted by molar-refractivity contribution is 0.383. The summed E-state index contributed by atoms with van der Waals surface area (Å²) in [5.41, 5.74) is 0.985. The fourth-order valence-electron chi connectivity index (χ4n) is 1.83. The van der Waals surface area contributed by atoms with Gasteiger partial charge in [-0.1, -0.05) is 44.9 Å². The minimum atomic E-state index is -0.284. The van der Waals surface area contributed by atoms with Gasteiger partial charge in [-0.05, 0) is 30.2 Å². The van der Waals surface area contributed by atoms with E-state index in [0.717, 1.165) is 18.5 Å². The third-order valence-corrected chi connectivity index (χ3v) is 3.26. The summed E-state index contributed by atoms with van der Waals surface area (Å²) in [6.07, 6.45) is 1.06. The first-order valence-corrected chi connectivity index (χ1v) is 6.16. The van der Waals surface area contributed by atoms with Crippen LogP contribution in [-0.2, 0) is 0 Å². The molecule has 1 aromatic carbocycles. The van der Waals surface area contributed by atoms with E-state index in [2.05, 4.69) is 26.1 Å². The van der Waals surface area contributed by atoms with Crippen LogP contribution >= 0.6 is 11.6 Å². The van der Waals surface area contributed by atoms with Gasteiger partial charge in [-0.2, -0.15) is 0 Å². The fraction of sp³-hybridized carbons (Fsp3) is 0.538. The van der Waals surface area contributed by atoms with Crippen molar-refractivity contribution in [1.29, 1.82) is 0 Å². The zero-order valence-electron chi connectivity index (χ0n) is 10.1. The van der Waals surface area contributed by atoms with E-state index < -0.39 is 0 Å². The van der Waals surface area contributed by atoms with Gasteiger partial charge in [0.25, 0.3) is 0 Å². The van der Waals surface area contributed by atoms with Gasteiger partial charge in [-0.3, -0.25) is 0 Å². The summed E-state index contributed by atoms with van der Waals surface area (Å²) in [6, 6.07) is 4.82. The minimum absolute atomic E-state index is 0.197. The van der Waals surface area contributed by atoms with Gasteiger partial charge in [0, 0.05) is 11.1 Å². The maximum atomic E-state index is 13.0. The highest BCUT2D eigenvalue weighted by Crippen LogP contribution is 2.30. The Bertz CT molecular complexity index is 341. The summed E-state index contributed by atoms with van der Waals surface area (Å²) < 4.78 is 13.0. The van der Waals surface area contributed by atoms with E-state index >= 15 is 0 Å². The van der Waals surface area contributed by atoms with Crippen molar-refractivity contribution >= 4 is 11.6 Å². The Morgan fingerprint density at radius 2 is 2.06 bits per heavy atom. The molecule has 0 saturated carbocycles. The third kappa shape index (κ3) is 3.19. The van der Waals surface area contributed by atoms with Crippen molar-refractivity contribution in [1.82, 2.24) is 5.32 Å². The zero-order valence-corrected chi connectivity index (χ0v) is 10.8. The number of benzene rings is 1. The SMILES string of the molecule is CCNC(c1ccc(F)cc1Cl)C(C)CC. The molecule has 0 aliphatic carbocycles. The van der Waals surface area contributed by atoms with E-state index in [-0.39, 0.29) is 11.9 Å². The molecule has 3 heteroatoms. The van der Waals surface area contributed by atoms with Gasteiger partial charge < -0.3 is 5.32 Å². The van der Waals surface area contributed by atoms with Crippen LogP contribution in [0.25, 0.3) is 0 Å². The molecular formula is C13H19ClFN. The molecule has 0 radical (unpaired) electrons. The molecule has 2 atom stereocenters. The normalized spacial score (nSPS) is 14.8. The van der Waals surface area contributed by atoms with Crippen molar-refractivity contribution in [2.24, 2.45) is 5.92 Å². The highest BCUT2D eigenvalue weighted by molar-refractivity contribution is 6.31. The van der Waals surface area contributed by atoms with Crippen molar-refractivity contribution in [3.8, 4) is 0 Å². The monoisotopic (exact) mass is 243 g/mol. The summed E-state index contributed by atoms with van der Waals surface area (Å²) in [7, 11) is 0. The molecule has 0 amide bonds. The first-order valence-electron chi connectivity index (χ1n) is 5.78. The van der Waals surface area contributed by atoms with Gasteiger partial charge in [0.15, 0.2) is 0 Å². The molecular weight excluding hydrogens is 225 g/mol. The Kier molecular flexibility index (Phi) is 5.23. The molecule has 0 fully saturated rings. The van der Waals surface area contributed by atoms with Crippen molar-refractivity contribution in [3.63, 3.8) is 0 Å². The Balaban J connectivity index is 3.00. The smallest absolute Gasteiger partial charge is 0.124 e. The first kappa shape index (κ1) is 13.5. The Hall–Kier alpha value is -0.600. The Morgan fingerprint density at radius 1 is 1.38 bits per heavy atom. The van der Waals surface area contributed by atoms with Crippen LogP contribution in [0.4, 0.5) is 4.39 Å². The lowest BCUT2D eigenvalue weighted by Gasteiger charge is -2.25. The Morgan fingerprint density at radius 3 is 2.56 bits per heavy atom. The second-order valence-electron chi connectivity index (χ2n) is 4.09. The lowest BCUT2D eigenvalue weighted by Crippen LogP contribution is -2.26. The first-order chi connectivity index (χ1) is 7.60. The zero-order chi connectivity index (χ0) is 12.1. The summed E-state index contributed by atoms with van der Waals surface area (Å²) in [6.45, 7) is 7.26. The molecule has 1 rings (SSSR count). The van der Waals surface area contributed by atoms with Crippen LogP contribution in [-0.4, -0.2) is 6.54 Å². The standard InChI is InChI=1S/C13H19ClFN/c1-4-9(3)13(16-5-2)11-7-6-10(15)8-12(11)14/h6-9,13,16H,4-5H2,1-3H3. The topological polar surface area (TPSA) is 12.0 Å². The van der Waals surface area contributed by atoms with Crippen molar-refractivity contribution in [2.45, 2.75) is 33.2 Å². The molecule has 0 aliphatic heterocycles. The molecule has 90 valence electrons. The second kappa shape index (κ2) is 6.21. The number of nitrogens with one attached hydrogen (secondary N) is 1. The molecule has 0 saturated heterocycles. The molecule has 0 aliphatic rings. The molecule has 2 unspecified atom stereocenters. The summed E-state index contributed by atoms with van der Waals surface area (Å²) in [4.78, 5) is 0. The average molecular weight is 244 g/mol. The Labute approximate surface area is 102 Å². The largest absolute Gasteiger partial charge is 0.310 e. The highest BCUT2D eigenvalue weighted by Gasteiger charge is 2.19. The third-order valence-electron chi connectivity index (χ3n) is 2.93. The maximum absolute atomic E-state index is 13.0. The van der Waals surface area contributed by atoms with Crippen LogP contribution in [0, 0.1) is 11.7 Å². The summed E-state index contributed by atoms with van der Waals surface area (Å²) in [5.74, 6) is 0.191. The number of halogens is 2. The predicted molar refractivity (Wildman–Crippen MR) is 67.3 cm³/mol. The summed E-state index contributed by atoms with van der Waals surface area (Å²) in [5, 5.41) is 3.91. The quantitative estimate of drug-likeness (QED) is 0.818. The number of hydrogen-bond donors (Lipinski definition) is 1. The number of hydrogen-bond acceptors (Lipinski definition) is 1. The lowest BCUT2D eigenvalue weighted by atomic mass is 9.92. The molecule has 1 aromatic rings. The average Bonchev–Trinajstić information content (AvgIpc) is 2.26. The van der Waals surface area contributed by atoms with Gasteiger partial charge in [-0.15, -0.1) is 0 Å². The van der Waals surface area contributed by atoms with Crippen LogP contribution in [0.2, 0.25) is 5.02 Å². The van der Waals surface area contributed by atoms with E-state index in [1.54, 1.807) is 6.07 Å². The summed E-state index contributed by atoms with van der Waals surface area (Å²) >= 11 is 6.08. The van der Waals surface area contributed by atoms with E-state index in [9.17, 15) is 4.39 Å². The molecule has 1 N–H and O–H groups in total. The molecule has 0 aromatic heterocycles. The van der Waals surface area contributed by atoms with Crippen LogP contribution in [0.1, 0.15) is 38.8 Å². The van der Waals surface area contributed by atoms with Crippen LogP contribution < -0.4 is 5.32 Å². The predicted octanol–water partition coefficient (Wildman–Crippen LogP) is 4.18. The molecule has 16 heavy (non-hydrogen) atoms. The molecule has 0 spiro atoms. The van der Waals surface area contributed by atoms with E-state index in [4.69, 9.17) is 11.6 Å². The van der Waals surface area contributed by atoms with Crippen LogP contribution in [0.5, 0.6) is 0 Å². The number of rotatable bonds is 5. The minimum Gasteiger partial charge on any atom is -0.310 e. The van der Waals surface area contributed by atoms with Gasteiger partial charge >= 0.3 is 0 Å². The van der Waals surface area contributed by atoms with Crippen LogP contribution in [0.15, 0.2) is 18.2 Å². The van der Waals surface area contributed by atoms with Crippen molar-refractivity contribution < 1.29 is 4.39 Å². The van der Waals surface area contributed by atoms with E-state index in [1.165, 1.54) is 12.1 Å². The maximum Gasteiger partial charge on any atom is 0.124 e. The van der Waals surface area contributed by atoms with Crippen molar-refractivity contribution in [2.75, 3.05) is 6.54 Å². The molecule has 1 nitrogen and oxygen atoms in total. The van der Waals surface area contributed by atoms with E-state index in [1.807, 2.05) is 0 Å².